The van der Waals surface area contributed by atoms with Crippen molar-refractivity contribution in [2.24, 2.45) is 0 Å². The summed E-state index contributed by atoms with van der Waals surface area (Å²) >= 11 is 1.50. The van der Waals surface area contributed by atoms with E-state index in [1.165, 1.54) is 11.3 Å². The van der Waals surface area contributed by atoms with E-state index in [4.69, 9.17) is 9.72 Å². The number of sulfone groups is 1. The average Bonchev–Trinajstić information content (AvgIpc) is 3.45. The molecule has 0 bridgehead atoms. The Morgan fingerprint density at radius 2 is 1.97 bits per heavy atom. The summed E-state index contributed by atoms with van der Waals surface area (Å²) in [6.07, 6.45) is 2.30. The maximum atomic E-state index is 13.2. The molecule has 1 aliphatic rings. The highest BCUT2D eigenvalue weighted by Gasteiger charge is 2.27. The summed E-state index contributed by atoms with van der Waals surface area (Å²) in [5.41, 5.74) is 3.20. The second kappa shape index (κ2) is 9.68. The van der Waals surface area contributed by atoms with Gasteiger partial charge in [-0.1, -0.05) is 35.6 Å². The third-order valence-corrected chi connectivity index (χ3v) is 8.78. The van der Waals surface area contributed by atoms with Gasteiger partial charge in [0.1, 0.15) is 0 Å². The van der Waals surface area contributed by atoms with Crippen LogP contribution in [0.25, 0.3) is 10.2 Å². The Morgan fingerprint density at radius 3 is 2.69 bits per heavy atom. The second-order valence-corrected chi connectivity index (χ2v) is 11.3. The summed E-state index contributed by atoms with van der Waals surface area (Å²) < 4.78 is 31.9. The molecule has 0 spiro atoms. The number of hydrogen-bond acceptors (Lipinski definition) is 6. The first-order chi connectivity index (χ1) is 15.3. The van der Waals surface area contributed by atoms with Crippen LogP contribution in [0.3, 0.4) is 0 Å². The van der Waals surface area contributed by atoms with Crippen molar-refractivity contribution in [2.45, 2.75) is 50.5 Å². The van der Waals surface area contributed by atoms with E-state index < -0.39 is 9.84 Å². The van der Waals surface area contributed by atoms with Gasteiger partial charge in [0.2, 0.25) is 5.91 Å². The smallest absolute Gasteiger partial charge is 0.228 e. The van der Waals surface area contributed by atoms with E-state index in [9.17, 15) is 13.2 Å². The lowest BCUT2D eigenvalue weighted by Gasteiger charge is -2.23. The van der Waals surface area contributed by atoms with Crippen LogP contribution in [0, 0.1) is 13.8 Å². The maximum Gasteiger partial charge on any atom is 0.228 e. The lowest BCUT2D eigenvalue weighted by molar-refractivity contribution is -0.119. The van der Waals surface area contributed by atoms with Crippen LogP contribution < -0.4 is 4.90 Å². The molecule has 1 unspecified atom stereocenters. The molecule has 32 heavy (non-hydrogen) atoms. The van der Waals surface area contributed by atoms with Crippen LogP contribution in [0.4, 0.5) is 5.13 Å². The molecule has 170 valence electrons. The number of fused-ring (bicyclic) bond motifs is 1. The van der Waals surface area contributed by atoms with Gasteiger partial charge in [0, 0.05) is 13.0 Å². The van der Waals surface area contributed by atoms with Crippen LogP contribution in [0.1, 0.15) is 36.8 Å². The van der Waals surface area contributed by atoms with Crippen molar-refractivity contribution in [1.82, 2.24) is 4.98 Å². The molecule has 0 radical (unpaired) electrons. The summed E-state index contributed by atoms with van der Waals surface area (Å²) in [6, 6.07) is 12.5. The summed E-state index contributed by atoms with van der Waals surface area (Å²) in [4.78, 5) is 20.0. The fraction of sp³-hybridized carbons (Fsp3) is 0.417. The van der Waals surface area contributed by atoms with Gasteiger partial charge in [0.25, 0.3) is 0 Å². The molecule has 6 nitrogen and oxygen atoms in total. The van der Waals surface area contributed by atoms with Gasteiger partial charge in [0.15, 0.2) is 15.0 Å². The molecule has 1 aromatic heterocycles. The van der Waals surface area contributed by atoms with Crippen molar-refractivity contribution in [3.8, 4) is 0 Å². The first kappa shape index (κ1) is 22.9. The van der Waals surface area contributed by atoms with Gasteiger partial charge in [-0.25, -0.2) is 13.4 Å². The van der Waals surface area contributed by atoms with E-state index in [2.05, 4.69) is 13.0 Å². The first-order valence-electron chi connectivity index (χ1n) is 10.9. The summed E-state index contributed by atoms with van der Waals surface area (Å²) in [5, 5.41) is 0.653. The van der Waals surface area contributed by atoms with E-state index in [0.717, 1.165) is 34.2 Å². The van der Waals surface area contributed by atoms with E-state index in [0.29, 0.717) is 23.2 Å². The second-order valence-electron chi connectivity index (χ2n) is 8.23. The van der Waals surface area contributed by atoms with E-state index in [1.807, 2.05) is 13.0 Å². The van der Waals surface area contributed by atoms with Crippen molar-refractivity contribution in [3.05, 3.63) is 53.6 Å². The highest BCUT2D eigenvalue weighted by atomic mass is 32.2. The van der Waals surface area contributed by atoms with Crippen LogP contribution in [0.5, 0.6) is 0 Å². The first-order valence-corrected chi connectivity index (χ1v) is 13.4. The monoisotopic (exact) mass is 472 g/mol. The Labute approximate surface area is 193 Å². The van der Waals surface area contributed by atoms with Gasteiger partial charge in [-0.2, -0.15) is 0 Å². The number of nitrogens with zero attached hydrogens (tertiary/aromatic N) is 2. The predicted octanol–water partition coefficient (Wildman–Crippen LogP) is 4.68. The zero-order chi connectivity index (χ0) is 22.7. The number of ether oxygens (including phenoxy) is 1. The third-order valence-electron chi connectivity index (χ3n) is 5.92. The molecular formula is C24H28N2O4S2. The standard InChI is InChI=1S/C24H28N2O4S2/c1-17-12-13-21-23(18(17)2)25-24(31-21)26(16-19-8-6-14-30-19)22(27)11-7-15-32(28,29)20-9-4-3-5-10-20/h3-5,9-10,12-13,19H,6-8,11,14-16H2,1-2H3. The Balaban J connectivity index is 1.51. The molecule has 2 heterocycles. The van der Waals surface area contributed by atoms with Crippen LogP contribution in [-0.2, 0) is 19.4 Å². The van der Waals surface area contributed by atoms with Gasteiger partial charge in [-0.05, 0) is 62.4 Å². The number of hydrogen-bond donors (Lipinski definition) is 0. The van der Waals surface area contributed by atoms with E-state index in [1.54, 1.807) is 35.2 Å². The lowest BCUT2D eigenvalue weighted by Crippen LogP contribution is -2.37. The number of benzene rings is 2. The molecule has 1 amide bonds. The molecule has 8 heteroatoms. The molecule has 1 atom stereocenters. The van der Waals surface area contributed by atoms with Crippen molar-refractivity contribution < 1.29 is 17.9 Å². The van der Waals surface area contributed by atoms with E-state index >= 15 is 0 Å². The number of carbonyl (C=O) groups excluding carboxylic acids is 1. The highest BCUT2D eigenvalue weighted by molar-refractivity contribution is 7.91. The topological polar surface area (TPSA) is 76.6 Å². The molecule has 2 aromatic carbocycles. The van der Waals surface area contributed by atoms with Gasteiger partial charge in [0.05, 0.1) is 33.5 Å². The Bertz CT molecular complexity index is 1200. The summed E-state index contributed by atoms with van der Waals surface area (Å²) in [6.45, 7) is 5.25. The number of aromatic nitrogens is 1. The van der Waals surface area contributed by atoms with Crippen molar-refractivity contribution >= 4 is 42.4 Å². The summed E-state index contributed by atoms with van der Waals surface area (Å²) in [5.74, 6) is -0.175. The van der Waals surface area contributed by atoms with Crippen LogP contribution in [0.2, 0.25) is 0 Å². The quantitative estimate of drug-likeness (QED) is 0.476. The van der Waals surface area contributed by atoms with Crippen molar-refractivity contribution in [1.29, 1.82) is 0 Å². The van der Waals surface area contributed by atoms with Gasteiger partial charge in [-0.15, -0.1) is 0 Å². The number of rotatable bonds is 8. The van der Waals surface area contributed by atoms with E-state index in [-0.39, 0.29) is 30.6 Å². The predicted molar refractivity (Wildman–Crippen MR) is 128 cm³/mol. The molecule has 1 saturated heterocycles. The van der Waals surface area contributed by atoms with Gasteiger partial charge >= 0.3 is 0 Å². The number of anilines is 1. The zero-order valence-electron chi connectivity index (χ0n) is 18.4. The van der Waals surface area contributed by atoms with Crippen molar-refractivity contribution in [2.75, 3.05) is 23.8 Å². The number of aryl methyl sites for hydroxylation is 2. The highest BCUT2D eigenvalue weighted by Crippen LogP contribution is 2.33. The van der Waals surface area contributed by atoms with Crippen LogP contribution in [0.15, 0.2) is 47.4 Å². The van der Waals surface area contributed by atoms with Crippen LogP contribution >= 0.6 is 11.3 Å². The van der Waals surface area contributed by atoms with Gasteiger partial charge in [-0.3, -0.25) is 9.69 Å². The number of carbonyl (C=O) groups is 1. The largest absolute Gasteiger partial charge is 0.376 e. The molecule has 0 aliphatic carbocycles. The SMILES string of the molecule is Cc1ccc2sc(N(CC3CCCO3)C(=O)CCCS(=O)(=O)c3ccccc3)nc2c1C. The lowest BCUT2D eigenvalue weighted by atomic mass is 10.1. The minimum atomic E-state index is -3.41. The number of thiazole rings is 1. The summed E-state index contributed by atoms with van der Waals surface area (Å²) in [7, 11) is -3.41. The molecule has 0 N–H and O–H groups in total. The number of amides is 1. The fourth-order valence-corrected chi connectivity index (χ4v) is 6.29. The Hall–Kier alpha value is -2.29. The fourth-order valence-electron chi connectivity index (χ4n) is 3.90. The Morgan fingerprint density at radius 1 is 1.19 bits per heavy atom. The van der Waals surface area contributed by atoms with Crippen LogP contribution in [-0.4, -0.2) is 44.3 Å². The molecular weight excluding hydrogens is 444 g/mol. The van der Waals surface area contributed by atoms with Crippen molar-refractivity contribution in [3.63, 3.8) is 0 Å². The molecule has 1 aliphatic heterocycles. The molecule has 4 rings (SSSR count). The normalized spacial score (nSPS) is 16.5. The molecule has 0 saturated carbocycles. The Kier molecular flexibility index (Phi) is 6.93. The minimum Gasteiger partial charge on any atom is -0.376 e. The zero-order valence-corrected chi connectivity index (χ0v) is 20.0. The minimum absolute atomic E-state index is 0.0122. The maximum absolute atomic E-state index is 13.2. The average molecular weight is 473 g/mol. The third kappa shape index (κ3) is 5.03. The molecule has 1 fully saturated rings. The molecule has 3 aromatic rings. The van der Waals surface area contributed by atoms with Gasteiger partial charge < -0.3 is 4.74 Å².